The van der Waals surface area contributed by atoms with E-state index in [1.54, 1.807) is 29.2 Å². The van der Waals surface area contributed by atoms with E-state index in [0.29, 0.717) is 37.7 Å². The summed E-state index contributed by atoms with van der Waals surface area (Å²) in [6, 6.07) is 12.0. The Balaban J connectivity index is 1.49. The molecule has 9 heteroatoms. The van der Waals surface area contributed by atoms with Gasteiger partial charge in [-0.3, -0.25) is 9.69 Å². The lowest BCUT2D eigenvalue weighted by Gasteiger charge is -2.29. The maximum Gasteiger partial charge on any atom is 0.247 e. The molecular formula is C25H29N3O4S2. The summed E-state index contributed by atoms with van der Waals surface area (Å²) in [6.45, 7) is 5.32. The van der Waals surface area contributed by atoms with Gasteiger partial charge in [-0.2, -0.15) is 4.31 Å². The van der Waals surface area contributed by atoms with Gasteiger partial charge in [0.25, 0.3) is 0 Å². The minimum atomic E-state index is -3.79. The highest BCUT2D eigenvalue weighted by Crippen LogP contribution is 2.34. The van der Waals surface area contributed by atoms with Crippen molar-refractivity contribution >= 4 is 42.6 Å². The van der Waals surface area contributed by atoms with Crippen molar-refractivity contribution in [1.82, 2.24) is 9.29 Å². The highest BCUT2D eigenvalue weighted by atomic mass is 32.2. The predicted molar refractivity (Wildman–Crippen MR) is 134 cm³/mol. The number of ether oxygens (including phenoxy) is 1. The van der Waals surface area contributed by atoms with Crippen LogP contribution in [-0.2, 0) is 19.6 Å². The summed E-state index contributed by atoms with van der Waals surface area (Å²) in [5.41, 5.74) is 2.92. The van der Waals surface area contributed by atoms with E-state index in [4.69, 9.17) is 9.72 Å². The smallest absolute Gasteiger partial charge is 0.247 e. The lowest BCUT2D eigenvalue weighted by Crippen LogP contribution is -2.49. The van der Waals surface area contributed by atoms with Gasteiger partial charge in [0.1, 0.15) is 6.04 Å². The fourth-order valence-electron chi connectivity index (χ4n) is 4.74. The average Bonchev–Trinajstić information content (AvgIpc) is 3.58. The molecule has 2 atom stereocenters. The number of carbonyl (C=O) groups is 1. The first kappa shape index (κ1) is 23.4. The van der Waals surface area contributed by atoms with Crippen molar-refractivity contribution in [3.05, 3.63) is 53.6 Å². The highest BCUT2D eigenvalue weighted by Gasteiger charge is 2.42. The Morgan fingerprint density at radius 1 is 1.15 bits per heavy atom. The lowest BCUT2D eigenvalue weighted by molar-refractivity contribution is -0.122. The minimum Gasteiger partial charge on any atom is -0.376 e. The molecule has 2 aliphatic heterocycles. The Hall–Kier alpha value is -2.33. The molecule has 180 valence electrons. The number of thiazole rings is 1. The molecule has 0 bridgehead atoms. The Labute approximate surface area is 204 Å². The molecule has 1 amide bonds. The second kappa shape index (κ2) is 9.37. The normalized spacial score (nSPS) is 21.4. The molecule has 5 rings (SSSR count). The van der Waals surface area contributed by atoms with Gasteiger partial charge in [0.15, 0.2) is 5.13 Å². The standard InChI is InChI=1S/C25H29N3O4S2/c1-17-10-12-20(13-11-17)34(30,31)28-14-4-8-21(28)24(29)27(16-19-7-5-15-32-19)25-26-23-18(2)6-3-9-22(23)33-25/h3,6,9-13,19,21H,4-5,7-8,14-16H2,1-2H3/t19-,21+/m0/s1. The number of fused-ring (bicyclic) bond motifs is 1. The molecule has 2 saturated heterocycles. The Kier molecular flexibility index (Phi) is 6.45. The Bertz CT molecular complexity index is 1300. The number of para-hydroxylation sites is 1. The average molecular weight is 500 g/mol. The Morgan fingerprint density at radius 2 is 1.94 bits per heavy atom. The molecule has 2 aromatic carbocycles. The molecule has 0 saturated carbocycles. The van der Waals surface area contributed by atoms with Crippen molar-refractivity contribution in [1.29, 1.82) is 0 Å². The summed E-state index contributed by atoms with van der Waals surface area (Å²) in [5.74, 6) is -0.222. The topological polar surface area (TPSA) is 79.8 Å². The first-order chi connectivity index (χ1) is 16.3. The summed E-state index contributed by atoms with van der Waals surface area (Å²) in [5, 5.41) is 0.601. The van der Waals surface area contributed by atoms with Gasteiger partial charge < -0.3 is 4.74 Å². The van der Waals surface area contributed by atoms with Gasteiger partial charge in [0.05, 0.1) is 27.8 Å². The maximum absolute atomic E-state index is 14.0. The van der Waals surface area contributed by atoms with Crippen LogP contribution in [0.5, 0.6) is 0 Å². The number of nitrogens with zero attached hydrogens (tertiary/aromatic N) is 3. The Morgan fingerprint density at radius 3 is 2.65 bits per heavy atom. The molecule has 7 nitrogen and oxygen atoms in total. The number of amides is 1. The van der Waals surface area contributed by atoms with E-state index in [1.807, 2.05) is 32.0 Å². The second-order valence-corrected chi connectivity index (χ2v) is 12.0. The molecule has 2 fully saturated rings. The van der Waals surface area contributed by atoms with Crippen LogP contribution in [0.3, 0.4) is 0 Å². The van der Waals surface area contributed by atoms with Crippen LogP contribution < -0.4 is 4.90 Å². The number of hydrogen-bond acceptors (Lipinski definition) is 6. The first-order valence-corrected chi connectivity index (χ1v) is 14.0. The van der Waals surface area contributed by atoms with Crippen molar-refractivity contribution in [3.8, 4) is 0 Å². The molecule has 0 aliphatic carbocycles. The lowest BCUT2D eigenvalue weighted by atomic mass is 10.2. The third-order valence-corrected chi connectivity index (χ3v) is 9.60. The number of benzene rings is 2. The molecule has 3 aromatic rings. The minimum absolute atomic E-state index is 0.0689. The highest BCUT2D eigenvalue weighted by molar-refractivity contribution is 7.89. The van der Waals surface area contributed by atoms with Crippen LogP contribution >= 0.6 is 11.3 Å². The largest absolute Gasteiger partial charge is 0.376 e. The van der Waals surface area contributed by atoms with Crippen LogP contribution in [0.2, 0.25) is 0 Å². The molecule has 0 N–H and O–H groups in total. The number of aryl methyl sites for hydroxylation is 2. The molecule has 0 unspecified atom stereocenters. The molecule has 2 aliphatic rings. The van der Waals surface area contributed by atoms with Gasteiger partial charge in [-0.05, 0) is 63.3 Å². The van der Waals surface area contributed by atoms with Gasteiger partial charge >= 0.3 is 0 Å². The molecule has 3 heterocycles. The number of carbonyl (C=O) groups excluding carboxylic acids is 1. The SMILES string of the molecule is Cc1ccc(S(=O)(=O)N2CCC[C@@H]2C(=O)N(C[C@@H]2CCCO2)c2nc3c(C)cccc3s2)cc1. The number of aromatic nitrogens is 1. The zero-order chi connectivity index (χ0) is 23.9. The first-order valence-electron chi connectivity index (χ1n) is 11.7. The van der Waals surface area contributed by atoms with Gasteiger partial charge in [0, 0.05) is 13.2 Å². The van der Waals surface area contributed by atoms with Crippen molar-refractivity contribution in [3.63, 3.8) is 0 Å². The molecule has 34 heavy (non-hydrogen) atoms. The molecule has 1 aromatic heterocycles. The van der Waals surface area contributed by atoms with Crippen LogP contribution in [0.15, 0.2) is 47.4 Å². The number of rotatable bonds is 6. The zero-order valence-electron chi connectivity index (χ0n) is 19.4. The van der Waals surface area contributed by atoms with Crippen molar-refractivity contribution in [2.24, 2.45) is 0 Å². The van der Waals surface area contributed by atoms with Gasteiger partial charge in [-0.1, -0.05) is 41.2 Å². The quantitative estimate of drug-likeness (QED) is 0.506. The third kappa shape index (κ3) is 4.37. The van der Waals surface area contributed by atoms with Crippen LogP contribution in [0.25, 0.3) is 10.2 Å². The third-order valence-electron chi connectivity index (χ3n) is 6.63. The van der Waals surface area contributed by atoms with E-state index < -0.39 is 16.1 Å². The van der Waals surface area contributed by atoms with Crippen molar-refractivity contribution < 1.29 is 17.9 Å². The second-order valence-electron chi connectivity index (χ2n) is 9.09. The van der Waals surface area contributed by atoms with Crippen molar-refractivity contribution in [2.75, 3.05) is 24.6 Å². The van der Waals surface area contributed by atoms with Gasteiger partial charge in [0.2, 0.25) is 15.9 Å². The van der Waals surface area contributed by atoms with E-state index in [9.17, 15) is 13.2 Å². The fourth-order valence-corrected chi connectivity index (χ4v) is 7.45. The van der Waals surface area contributed by atoms with E-state index in [-0.39, 0.29) is 16.9 Å². The van der Waals surface area contributed by atoms with Crippen LogP contribution in [0.4, 0.5) is 5.13 Å². The van der Waals surface area contributed by atoms with E-state index in [2.05, 4.69) is 0 Å². The summed E-state index contributed by atoms with van der Waals surface area (Å²) < 4.78 is 35.2. The number of hydrogen-bond donors (Lipinski definition) is 0. The van der Waals surface area contributed by atoms with Crippen LogP contribution in [-0.4, -0.2) is 55.5 Å². The van der Waals surface area contributed by atoms with E-state index >= 15 is 0 Å². The van der Waals surface area contributed by atoms with Crippen molar-refractivity contribution in [2.45, 2.75) is 56.6 Å². The predicted octanol–water partition coefficient (Wildman–Crippen LogP) is 4.28. The molecule has 0 spiro atoms. The van der Waals surface area contributed by atoms with E-state index in [0.717, 1.165) is 34.2 Å². The van der Waals surface area contributed by atoms with E-state index in [1.165, 1.54) is 15.6 Å². The maximum atomic E-state index is 14.0. The monoisotopic (exact) mass is 499 g/mol. The van der Waals surface area contributed by atoms with Gasteiger partial charge in [-0.15, -0.1) is 0 Å². The van der Waals surface area contributed by atoms with Crippen LogP contribution in [0, 0.1) is 13.8 Å². The molecular weight excluding hydrogens is 470 g/mol. The summed E-state index contributed by atoms with van der Waals surface area (Å²) in [7, 11) is -3.79. The summed E-state index contributed by atoms with van der Waals surface area (Å²) in [6.07, 6.45) is 2.91. The molecule has 0 radical (unpaired) electrons. The number of sulfonamides is 1. The summed E-state index contributed by atoms with van der Waals surface area (Å²) in [4.78, 5) is 20.7. The number of anilines is 1. The summed E-state index contributed by atoms with van der Waals surface area (Å²) >= 11 is 1.47. The fraction of sp³-hybridized carbons (Fsp3) is 0.440. The zero-order valence-corrected chi connectivity index (χ0v) is 21.1. The van der Waals surface area contributed by atoms with Crippen LogP contribution in [0.1, 0.15) is 36.8 Å². The van der Waals surface area contributed by atoms with Gasteiger partial charge in [-0.25, -0.2) is 13.4 Å².